The number of nitrogens with zero attached hydrogens (tertiary/aromatic N) is 4. The number of ketones is 5. The summed E-state index contributed by atoms with van der Waals surface area (Å²) in [6, 6.07) is 16.4. The average Bonchev–Trinajstić information content (AvgIpc) is 1.79. The first kappa shape index (κ1) is 122. The number of primary amides is 1. The van der Waals surface area contributed by atoms with E-state index in [0.717, 1.165) is 25.7 Å². The van der Waals surface area contributed by atoms with E-state index in [9.17, 15) is 93.0 Å². The monoisotopic (exact) mass is 2010 g/mol. The normalized spacial score (nSPS) is 17.2. The van der Waals surface area contributed by atoms with Crippen molar-refractivity contribution in [2.75, 3.05) is 38.2 Å². The van der Waals surface area contributed by atoms with Crippen molar-refractivity contribution in [3.8, 4) is 0 Å². The molecular weight excluding hydrogens is 1840 g/mol. The average molecular weight is 2010 g/mol. The number of carboxylic acids is 1. The summed E-state index contributed by atoms with van der Waals surface area (Å²) in [5.74, 6) is -12.7. The number of hydrogen-bond acceptors (Lipinski definition) is 26. The fourth-order valence-electron chi connectivity index (χ4n) is 17.4. The number of ether oxygens (including phenoxy) is 3. The number of aliphatic carboxylic acids is 1. The summed E-state index contributed by atoms with van der Waals surface area (Å²) < 4.78 is 18.5. The summed E-state index contributed by atoms with van der Waals surface area (Å²) in [6.45, 7) is 13.9. The quantitative estimate of drug-likeness (QED) is 0.0113. The van der Waals surface area contributed by atoms with E-state index in [4.69, 9.17) is 37.1 Å². The number of aliphatic hydroxyl groups is 5. The van der Waals surface area contributed by atoms with Gasteiger partial charge in [0.2, 0.25) is 35.4 Å². The Balaban J connectivity index is 1.18. The Morgan fingerprint density at radius 3 is 1.70 bits per heavy atom. The fourth-order valence-corrected chi connectivity index (χ4v) is 17.4. The van der Waals surface area contributed by atoms with Crippen molar-refractivity contribution in [1.29, 1.82) is 0 Å². The predicted octanol–water partition coefficient (Wildman–Crippen LogP) is 7.93. The molecule has 0 bridgehead atoms. The number of carbonyl (C=O) groups excluding carboxylic acids is 13. The first-order valence-corrected chi connectivity index (χ1v) is 51.4. The van der Waals surface area contributed by atoms with Crippen LogP contribution in [0.4, 0.5) is 15.3 Å². The predicted molar refractivity (Wildman–Crippen MR) is 539 cm³/mol. The van der Waals surface area contributed by atoms with Gasteiger partial charge in [-0.05, 0) is 137 Å². The number of urea groups is 1. The molecule has 1 aromatic heterocycles. The second-order valence-corrected chi connectivity index (χ2v) is 38.8. The van der Waals surface area contributed by atoms with Crippen molar-refractivity contribution in [2.24, 2.45) is 69.4 Å². The van der Waals surface area contributed by atoms with Crippen LogP contribution >= 0.6 is 0 Å². The molecule has 0 spiro atoms. The van der Waals surface area contributed by atoms with E-state index in [1.165, 1.54) is 58.3 Å². The minimum atomic E-state index is -1.72. The molecule has 1 fully saturated rings. The highest BCUT2D eigenvalue weighted by atomic mass is 16.7. The zero-order valence-corrected chi connectivity index (χ0v) is 85.1. The molecule has 1 saturated heterocycles. The Hall–Kier alpha value is -11.1. The number of amides is 9. The Labute approximate surface area is 841 Å². The van der Waals surface area contributed by atoms with Crippen LogP contribution in [-0.2, 0) is 104 Å². The largest absolute Gasteiger partial charge is 0.481 e. The molecule has 39 nitrogen and oxygen atoms in total. The lowest BCUT2D eigenvalue weighted by atomic mass is 9.87. The molecule has 22 N–H and O–H groups in total. The first-order valence-electron chi connectivity index (χ1n) is 51.4. The van der Waals surface area contributed by atoms with E-state index < -0.39 is 206 Å². The van der Waals surface area contributed by atoms with E-state index >= 15 is 4.79 Å². The van der Waals surface area contributed by atoms with E-state index in [1.807, 2.05) is 20.8 Å². The molecule has 0 radical (unpaired) electrons. The summed E-state index contributed by atoms with van der Waals surface area (Å²) in [4.78, 5) is 197. The number of rotatable bonds is 76. The topological polar surface area (TPSA) is 631 Å². The highest BCUT2D eigenvalue weighted by Crippen LogP contribution is 2.29. The van der Waals surface area contributed by atoms with E-state index in [-0.39, 0.29) is 145 Å². The molecule has 9 amide bonds. The summed E-state index contributed by atoms with van der Waals surface area (Å²) in [7, 11) is 0. The maximum Gasteiger partial charge on any atom is 0.407 e. The lowest BCUT2D eigenvalue weighted by Crippen LogP contribution is -2.60. The van der Waals surface area contributed by atoms with Crippen LogP contribution in [-0.4, -0.2) is 240 Å². The number of aliphatic hydroxyl groups excluding tert-OH is 5. The SMILES string of the molecule is CCCCCCCCCCCCCC[C@@H](C)[C@@H](O)[C@H](CO[C@H]1OC(CO)[C@H](O)[C@H](O)C1O)NC(=O)OCc1ccc(NC(=O)[C@H](CCCNC(N)=O)CC(=O)[C@@H](NC(=O)CCCCCn2cc(CCC(=O)N[C@@H](Cc3ccccc3)C(=O)C[C@@H](Cc3ccccc3)C(=O)N[C@@H](CCCN=C(N)N)C(=O)C[C@@H](CCCCN)C(=O)N[C@@H](CC(=O)O)C(=O)C[C@@H](CC(C)C)C(=O)N[C@@H](C)C(=O)CC)nn2)C(C)C)cc1. The number of guanidine groups is 1. The molecule has 0 saturated carbocycles. The third-order valence-corrected chi connectivity index (χ3v) is 25.8. The van der Waals surface area contributed by atoms with Crippen molar-refractivity contribution in [2.45, 2.75) is 366 Å². The number of carbonyl (C=O) groups is 14. The van der Waals surface area contributed by atoms with Gasteiger partial charge >= 0.3 is 18.1 Å². The smallest absolute Gasteiger partial charge is 0.407 e. The zero-order valence-electron chi connectivity index (χ0n) is 85.1. The fraction of sp³-hybridized carbons (Fsp3) is 0.663. The van der Waals surface area contributed by atoms with Crippen LogP contribution in [0.5, 0.6) is 0 Å². The molecule has 143 heavy (non-hydrogen) atoms. The third kappa shape index (κ3) is 48.5. The van der Waals surface area contributed by atoms with E-state index in [0.29, 0.717) is 73.1 Å². The van der Waals surface area contributed by atoms with Crippen LogP contribution < -0.4 is 65.5 Å². The number of aromatic nitrogens is 3. The van der Waals surface area contributed by atoms with Gasteiger partial charge in [0.15, 0.2) is 41.2 Å². The van der Waals surface area contributed by atoms with E-state index in [1.54, 1.807) is 117 Å². The van der Waals surface area contributed by atoms with Gasteiger partial charge in [-0.15, -0.1) is 5.10 Å². The molecule has 4 aromatic rings. The third-order valence-electron chi connectivity index (χ3n) is 25.8. The summed E-state index contributed by atoms with van der Waals surface area (Å²) in [5, 5.41) is 93.5. The number of unbranched alkanes of at least 4 members (excludes halogenated alkanes) is 14. The van der Waals surface area contributed by atoms with Crippen LogP contribution in [0, 0.1) is 41.4 Å². The van der Waals surface area contributed by atoms with Gasteiger partial charge in [0, 0.05) is 107 Å². The molecule has 1 aliphatic rings. The molecular formula is C104H164N16O23. The lowest BCUT2D eigenvalue weighted by molar-refractivity contribution is -0.303. The second-order valence-electron chi connectivity index (χ2n) is 38.8. The molecule has 5 rings (SSSR count). The molecule has 39 heteroatoms. The van der Waals surface area contributed by atoms with Crippen LogP contribution in [0.1, 0.15) is 283 Å². The summed E-state index contributed by atoms with van der Waals surface area (Å²) in [6.07, 6.45) is 7.19. The second kappa shape index (κ2) is 68.3. The van der Waals surface area contributed by atoms with Crippen LogP contribution in [0.25, 0.3) is 0 Å². The van der Waals surface area contributed by atoms with Crippen LogP contribution in [0.2, 0.25) is 0 Å². The molecule has 17 atom stereocenters. The number of carboxylic acid groups (broad SMARTS) is 1. The number of aryl methyl sites for hydroxylation is 2. The van der Waals surface area contributed by atoms with Crippen LogP contribution in [0.15, 0.2) is 96.1 Å². The number of nitrogens with one attached hydrogen (secondary N) is 8. The van der Waals surface area contributed by atoms with Crippen molar-refractivity contribution in [3.05, 3.63) is 114 Å². The molecule has 798 valence electrons. The lowest BCUT2D eigenvalue weighted by Gasteiger charge is -2.40. The summed E-state index contributed by atoms with van der Waals surface area (Å²) >= 11 is 0. The van der Waals surface area contributed by atoms with Crippen molar-refractivity contribution in [3.63, 3.8) is 0 Å². The number of aliphatic imine (C=N–C) groups is 1. The zero-order chi connectivity index (χ0) is 105. The Morgan fingerprint density at radius 2 is 1.09 bits per heavy atom. The Bertz CT molecular complexity index is 4540. The molecule has 3 aromatic carbocycles. The van der Waals surface area contributed by atoms with E-state index in [2.05, 4.69) is 64.8 Å². The standard InChI is InChI=1S/C104H164N16O23/c1-9-11-12-13-14-15-16-17-18-19-20-24-35-68(7)93(131)82(65-141-101-96(134)95(133)94(132)88(63-121)143-101)116-104(140)142-64-72-44-46-77(47-45-72)112-97(135)74(41-33-52-110-103(108)139)58-87(126)92(67(5)6)117-89(127)43-29-23-32-53-120-62-78(118-119-120)48-49-90(128)113-80(56-71-38-27-22-28-39-71)85(124)60-76(55-70-36-25-21-26-37-70)100(138)114-79(42-34-51-109-102(106)107)84(123)57-73(40-30-31-50-105)98(136)115-81(61-91(129)130)86(125)59-75(54-66(3)4)99(137)111-69(8)83(122)10-2/h21-22,25-28,36-39,44-47,62,66-69,73-76,79-82,88,92-96,101,121,131-134H,9-20,23-24,29-35,40-43,48-61,63-65,105H2,1-8H3,(H,111,137)(H,112,135)(H,113,128)(H,114,138)(H,115,136)(H,116,140)(H,117,127)(H,129,130)(H4,106,107,109)(H3,108,110,139)/t68-,69+,73-,74-,75-,76-,79+,80+,81+,82+,88?,92+,93-,94+,95+,96?,101+/m1/s1. The number of nitrogens with two attached hydrogens (primary N) is 4. The van der Waals surface area contributed by atoms with Gasteiger partial charge in [-0.25, -0.2) is 9.59 Å². The van der Waals surface area contributed by atoms with Crippen LogP contribution in [0.3, 0.4) is 0 Å². The Morgan fingerprint density at radius 1 is 0.531 bits per heavy atom. The molecule has 2 heterocycles. The van der Waals surface area contributed by atoms with Gasteiger partial charge in [-0.2, -0.15) is 0 Å². The highest BCUT2D eigenvalue weighted by molar-refractivity contribution is 6.00. The van der Waals surface area contributed by atoms with Gasteiger partial charge < -0.3 is 110 Å². The van der Waals surface area contributed by atoms with Crippen molar-refractivity contribution >= 4 is 94.1 Å². The molecule has 2 unspecified atom stereocenters. The highest BCUT2D eigenvalue weighted by Gasteiger charge is 2.45. The number of anilines is 1. The molecule has 1 aliphatic heterocycles. The maximum atomic E-state index is 15.0. The van der Waals surface area contributed by atoms with Crippen molar-refractivity contribution < 1.29 is 112 Å². The molecule has 0 aliphatic carbocycles. The summed E-state index contributed by atoms with van der Waals surface area (Å²) in [5.41, 5.74) is 25.2. The Kier molecular flexibility index (Phi) is 58.4. The van der Waals surface area contributed by atoms with Crippen molar-refractivity contribution in [1.82, 2.24) is 52.2 Å². The number of alkyl carbamates (subject to hydrolysis) is 1. The van der Waals surface area contributed by atoms with Gasteiger partial charge in [0.1, 0.15) is 31.0 Å². The van der Waals surface area contributed by atoms with Gasteiger partial charge in [0.25, 0.3) is 0 Å². The number of benzene rings is 3. The maximum absolute atomic E-state index is 15.0. The van der Waals surface area contributed by atoms with Gasteiger partial charge in [0.05, 0.1) is 67.7 Å². The van der Waals surface area contributed by atoms with Gasteiger partial charge in [-0.3, -0.25) is 67.2 Å². The minimum absolute atomic E-state index is 0.00952. The number of Topliss-reactive ketones (excluding diaryl/α,β-unsaturated/α-hetero) is 5. The number of hydrogen-bond donors (Lipinski definition) is 18. The first-order chi connectivity index (χ1) is 68.3. The minimum Gasteiger partial charge on any atom is -0.481 e. The van der Waals surface area contributed by atoms with Gasteiger partial charge in [-0.1, -0.05) is 216 Å².